The van der Waals surface area contributed by atoms with Crippen LogP contribution in [0.3, 0.4) is 0 Å². The summed E-state index contributed by atoms with van der Waals surface area (Å²) in [6.45, 7) is -0.176. The number of hydrogen-bond acceptors (Lipinski definition) is 4. The van der Waals surface area contributed by atoms with Crippen LogP contribution in [0.1, 0.15) is 0 Å². The second kappa shape index (κ2) is 5.55. The monoisotopic (exact) mass is 266 g/mol. The molecule has 2 aromatic rings. The lowest BCUT2D eigenvalue weighted by atomic mass is 10.2. The molecule has 0 fully saturated rings. The van der Waals surface area contributed by atoms with Gasteiger partial charge in [-0.05, 0) is 18.2 Å². The van der Waals surface area contributed by atoms with Gasteiger partial charge in [0.1, 0.15) is 11.6 Å². The van der Waals surface area contributed by atoms with Crippen molar-refractivity contribution in [1.29, 1.82) is 0 Å². The van der Waals surface area contributed by atoms with Crippen molar-refractivity contribution in [2.45, 2.75) is 0 Å². The maximum Gasteiger partial charge on any atom is 0.343 e. The topological polar surface area (TPSA) is 64.2 Å². The van der Waals surface area contributed by atoms with Crippen LogP contribution in [-0.4, -0.2) is 29.7 Å². The zero-order valence-electron chi connectivity index (χ0n) is 9.64. The van der Waals surface area contributed by atoms with Crippen LogP contribution in [0, 0.1) is 0 Å². The molecule has 1 heterocycles. The molecule has 1 aromatic carbocycles. The van der Waals surface area contributed by atoms with Crippen LogP contribution in [-0.2, 0) is 9.53 Å². The van der Waals surface area contributed by atoms with E-state index in [0.29, 0.717) is 16.6 Å². The fourth-order valence-electron chi connectivity index (χ4n) is 1.42. The summed E-state index contributed by atoms with van der Waals surface area (Å²) in [5.41, 5.74) is 0.730. The predicted molar refractivity (Wildman–Crippen MR) is 66.5 cm³/mol. The Morgan fingerprint density at radius 3 is 3.00 bits per heavy atom. The Labute approximate surface area is 109 Å². The fourth-order valence-corrected chi connectivity index (χ4v) is 1.58. The number of H-pyrrole nitrogens is 1. The van der Waals surface area contributed by atoms with Crippen LogP contribution in [0.5, 0.6) is 5.75 Å². The first-order valence-electron chi connectivity index (χ1n) is 5.19. The lowest BCUT2D eigenvalue weighted by molar-refractivity contribution is -0.142. The number of carbonyl (C=O) groups excluding carboxylic acids is 1. The van der Waals surface area contributed by atoms with Gasteiger partial charge in [0.15, 0.2) is 6.61 Å². The molecule has 1 N–H and O–H groups in total. The third-order valence-corrected chi connectivity index (χ3v) is 2.51. The van der Waals surface area contributed by atoms with E-state index in [2.05, 4.69) is 14.7 Å². The Morgan fingerprint density at radius 1 is 1.50 bits per heavy atom. The zero-order chi connectivity index (χ0) is 13.0. The molecule has 0 radical (unpaired) electrons. The first kappa shape index (κ1) is 12.4. The molecule has 0 atom stereocenters. The normalized spacial score (nSPS) is 10.1. The molecule has 18 heavy (non-hydrogen) atoms. The summed E-state index contributed by atoms with van der Waals surface area (Å²) in [7, 11) is 1.30. The SMILES string of the molecule is COC(=O)COc1cc(Cl)ccc1-c1ncc[nH]1. The molecule has 5 nitrogen and oxygen atoms in total. The average molecular weight is 267 g/mol. The highest BCUT2D eigenvalue weighted by atomic mass is 35.5. The molecule has 94 valence electrons. The summed E-state index contributed by atoms with van der Waals surface area (Å²) in [6, 6.07) is 5.13. The number of rotatable bonds is 4. The Kier molecular flexibility index (Phi) is 3.84. The Morgan fingerprint density at radius 2 is 2.33 bits per heavy atom. The maximum atomic E-state index is 11.1. The number of halogens is 1. The number of imidazole rings is 1. The van der Waals surface area contributed by atoms with E-state index in [1.54, 1.807) is 30.6 Å². The average Bonchev–Trinajstić information content (AvgIpc) is 2.89. The van der Waals surface area contributed by atoms with E-state index >= 15 is 0 Å². The molecule has 6 heteroatoms. The van der Waals surface area contributed by atoms with Gasteiger partial charge in [-0.3, -0.25) is 0 Å². The number of esters is 1. The Bertz CT molecular complexity index is 540. The van der Waals surface area contributed by atoms with Gasteiger partial charge in [-0.2, -0.15) is 0 Å². The molecular weight excluding hydrogens is 256 g/mol. The second-order valence-corrected chi connectivity index (χ2v) is 3.88. The molecule has 1 aromatic heterocycles. The fraction of sp³-hybridized carbons (Fsp3) is 0.167. The summed E-state index contributed by atoms with van der Waals surface area (Å²) >= 11 is 5.90. The minimum Gasteiger partial charge on any atom is -0.481 e. The van der Waals surface area contributed by atoms with Crippen LogP contribution in [0.25, 0.3) is 11.4 Å². The Hall–Kier alpha value is -2.01. The minimum atomic E-state index is -0.458. The number of ether oxygens (including phenoxy) is 2. The van der Waals surface area contributed by atoms with Gasteiger partial charge in [0, 0.05) is 17.4 Å². The zero-order valence-corrected chi connectivity index (χ0v) is 10.4. The number of aromatic nitrogens is 2. The molecule has 0 spiro atoms. The van der Waals surface area contributed by atoms with Crippen molar-refractivity contribution in [2.24, 2.45) is 0 Å². The summed E-state index contributed by atoms with van der Waals surface area (Å²) in [5, 5.41) is 0.519. The van der Waals surface area contributed by atoms with Crippen LogP contribution >= 0.6 is 11.6 Å². The van der Waals surface area contributed by atoms with Crippen molar-refractivity contribution in [3.05, 3.63) is 35.6 Å². The van der Waals surface area contributed by atoms with E-state index in [9.17, 15) is 4.79 Å². The molecule has 0 aliphatic carbocycles. The predicted octanol–water partition coefficient (Wildman–Crippen LogP) is 2.28. The number of aromatic amines is 1. The van der Waals surface area contributed by atoms with Gasteiger partial charge < -0.3 is 14.5 Å². The van der Waals surface area contributed by atoms with E-state index in [0.717, 1.165) is 5.56 Å². The van der Waals surface area contributed by atoms with E-state index in [1.165, 1.54) is 7.11 Å². The number of hydrogen-bond donors (Lipinski definition) is 1. The van der Waals surface area contributed by atoms with E-state index in [-0.39, 0.29) is 6.61 Å². The van der Waals surface area contributed by atoms with Gasteiger partial charge in [0.2, 0.25) is 0 Å². The molecule has 0 aliphatic heterocycles. The number of nitrogens with zero attached hydrogens (tertiary/aromatic N) is 1. The summed E-state index contributed by atoms with van der Waals surface area (Å²) in [5.74, 6) is 0.662. The number of benzene rings is 1. The Balaban J connectivity index is 2.27. The smallest absolute Gasteiger partial charge is 0.343 e. The van der Waals surface area contributed by atoms with Crippen LogP contribution in [0.4, 0.5) is 0 Å². The molecule has 0 aliphatic rings. The van der Waals surface area contributed by atoms with Crippen LogP contribution in [0.15, 0.2) is 30.6 Å². The van der Waals surface area contributed by atoms with Crippen LogP contribution < -0.4 is 4.74 Å². The third-order valence-electron chi connectivity index (χ3n) is 2.27. The van der Waals surface area contributed by atoms with Gasteiger partial charge in [0.25, 0.3) is 0 Å². The second-order valence-electron chi connectivity index (χ2n) is 3.44. The van der Waals surface area contributed by atoms with Gasteiger partial charge in [0.05, 0.1) is 12.7 Å². The van der Waals surface area contributed by atoms with Crippen molar-refractivity contribution < 1.29 is 14.3 Å². The largest absolute Gasteiger partial charge is 0.481 e. The van der Waals surface area contributed by atoms with Crippen molar-refractivity contribution in [1.82, 2.24) is 9.97 Å². The van der Waals surface area contributed by atoms with Gasteiger partial charge in [-0.1, -0.05) is 11.6 Å². The lowest BCUT2D eigenvalue weighted by Gasteiger charge is -2.09. The molecule has 0 unspecified atom stereocenters. The molecule has 0 amide bonds. The summed E-state index contributed by atoms with van der Waals surface area (Å²) in [6.07, 6.45) is 3.34. The van der Waals surface area contributed by atoms with Crippen molar-refractivity contribution >= 4 is 17.6 Å². The van der Waals surface area contributed by atoms with Crippen LogP contribution in [0.2, 0.25) is 5.02 Å². The van der Waals surface area contributed by atoms with Gasteiger partial charge in [-0.15, -0.1) is 0 Å². The van der Waals surface area contributed by atoms with Gasteiger partial charge in [-0.25, -0.2) is 9.78 Å². The summed E-state index contributed by atoms with van der Waals surface area (Å²) in [4.78, 5) is 18.2. The van der Waals surface area contributed by atoms with Crippen molar-refractivity contribution in [3.8, 4) is 17.1 Å². The van der Waals surface area contributed by atoms with Crippen molar-refractivity contribution in [3.63, 3.8) is 0 Å². The molecule has 2 rings (SSSR count). The lowest BCUT2D eigenvalue weighted by Crippen LogP contribution is -2.13. The van der Waals surface area contributed by atoms with E-state index in [1.807, 2.05) is 0 Å². The quantitative estimate of drug-likeness (QED) is 0.863. The molecular formula is C12H11ClN2O3. The third kappa shape index (κ3) is 2.81. The summed E-state index contributed by atoms with van der Waals surface area (Å²) < 4.78 is 9.89. The maximum absolute atomic E-state index is 11.1. The highest BCUT2D eigenvalue weighted by Gasteiger charge is 2.11. The van der Waals surface area contributed by atoms with E-state index < -0.39 is 5.97 Å². The number of nitrogens with one attached hydrogen (secondary N) is 1. The molecule has 0 bridgehead atoms. The highest BCUT2D eigenvalue weighted by molar-refractivity contribution is 6.30. The van der Waals surface area contributed by atoms with Crippen molar-refractivity contribution in [2.75, 3.05) is 13.7 Å². The standard InChI is InChI=1S/C12H11ClN2O3/c1-17-11(16)7-18-10-6-8(13)2-3-9(10)12-14-4-5-15-12/h2-6H,7H2,1H3,(H,14,15). The first-order chi connectivity index (χ1) is 8.70. The first-order valence-corrected chi connectivity index (χ1v) is 5.57. The van der Waals surface area contributed by atoms with E-state index in [4.69, 9.17) is 16.3 Å². The number of methoxy groups -OCH3 is 1. The highest BCUT2D eigenvalue weighted by Crippen LogP contribution is 2.30. The van der Waals surface area contributed by atoms with Gasteiger partial charge >= 0.3 is 5.97 Å². The minimum absolute atomic E-state index is 0.176. The molecule has 0 saturated carbocycles. The number of carbonyl (C=O) groups is 1. The molecule has 0 saturated heterocycles.